The topological polar surface area (TPSA) is 9.86 Å². The Morgan fingerprint density at radius 1 is 0.632 bits per heavy atom. The van der Waals surface area contributed by atoms with E-state index in [2.05, 4.69) is 59.1 Å². The Morgan fingerprint density at radius 2 is 0.895 bits per heavy atom. The predicted molar refractivity (Wildman–Crippen MR) is 84.3 cm³/mol. The third-order valence-corrected chi connectivity index (χ3v) is 6.25. The minimum atomic E-state index is -0.476. The van der Waals surface area contributed by atoms with Crippen LogP contribution in [-0.4, -0.2) is 22.8 Å². The van der Waals surface area contributed by atoms with Gasteiger partial charge in [0.05, 0.1) is 0 Å². The van der Waals surface area contributed by atoms with E-state index in [1.807, 2.05) is 0 Å². The van der Waals surface area contributed by atoms with Crippen LogP contribution >= 0.6 is 0 Å². The van der Waals surface area contributed by atoms with Gasteiger partial charge in [-0.05, 0) is 72.7 Å². The van der Waals surface area contributed by atoms with Gasteiger partial charge in [0.2, 0.25) is 0 Å². The van der Waals surface area contributed by atoms with E-state index < -0.39 is 15.7 Å². The van der Waals surface area contributed by atoms with Crippen molar-refractivity contribution < 1.29 is 0 Å². The van der Waals surface area contributed by atoms with Crippen molar-refractivity contribution in [1.29, 1.82) is 0 Å². The van der Waals surface area contributed by atoms with E-state index >= 15 is 0 Å². The molecule has 2 rings (SSSR count). The maximum absolute atomic E-state index is 2.62. The minimum absolute atomic E-state index is 0.476. The summed E-state index contributed by atoms with van der Waals surface area (Å²) in [6.45, 7) is 9.04. The molecule has 2 nitrogen and oxygen atoms in total. The molecule has 0 N–H and O–H groups in total. The van der Waals surface area contributed by atoms with Crippen LogP contribution in [0.4, 0.5) is 0 Å². The highest BCUT2D eigenvalue weighted by molar-refractivity contribution is 6.32. The van der Waals surface area contributed by atoms with Crippen molar-refractivity contribution in [2.75, 3.05) is 0 Å². The Kier molecular flexibility index (Phi) is 4.96. The lowest BCUT2D eigenvalue weighted by atomic mass is 10.3. The third-order valence-electron chi connectivity index (χ3n) is 4.05. The zero-order valence-electron chi connectivity index (χ0n) is 12.7. The molecule has 0 fully saturated rings. The van der Waals surface area contributed by atoms with Crippen molar-refractivity contribution in [2.45, 2.75) is 53.4 Å². The van der Waals surface area contributed by atoms with Gasteiger partial charge in [-0.2, -0.15) is 0 Å². The second-order valence-corrected chi connectivity index (χ2v) is 6.59. The van der Waals surface area contributed by atoms with Gasteiger partial charge in [0, 0.05) is 0 Å². The number of hydrogen-bond donors (Lipinski definition) is 0. The summed E-state index contributed by atoms with van der Waals surface area (Å²) < 4.78 is 5.25. The molecule has 2 aromatic rings. The van der Waals surface area contributed by atoms with Gasteiger partial charge in [-0.25, -0.2) is 0 Å². The summed E-state index contributed by atoms with van der Waals surface area (Å²) in [6, 6.07) is 9.25. The lowest BCUT2D eigenvalue weighted by molar-refractivity contribution is 0.870. The number of nitrogens with zero attached hydrogens (tertiary/aromatic N) is 2. The molecule has 2 aromatic heterocycles. The highest BCUT2D eigenvalue weighted by Crippen LogP contribution is 2.14. The van der Waals surface area contributed by atoms with Crippen LogP contribution in [0.3, 0.4) is 0 Å². The maximum Gasteiger partial charge on any atom is 0.557 e. The molecule has 0 aromatic carbocycles. The Hall–Kier alpha value is -0.908. The van der Waals surface area contributed by atoms with Gasteiger partial charge in [-0.1, -0.05) is 27.7 Å². The first-order valence-corrected chi connectivity index (χ1v) is 8.86. The van der Waals surface area contributed by atoms with Crippen LogP contribution in [0, 0.1) is 0 Å². The predicted octanol–water partition coefficient (Wildman–Crippen LogP) is 3.20. The second kappa shape index (κ2) is 6.50. The Labute approximate surface area is 123 Å². The average Bonchev–Trinajstić information content (AvgIpc) is 3.02. The van der Waals surface area contributed by atoms with E-state index in [-0.39, 0.29) is 0 Å². The molecule has 2 heterocycles. The molecule has 0 atom stereocenters. The van der Waals surface area contributed by atoms with Crippen molar-refractivity contribution in [3.63, 3.8) is 0 Å². The van der Waals surface area contributed by atoms with E-state index in [1.54, 1.807) is 0 Å². The molecule has 0 radical (unpaired) electrons. The fourth-order valence-electron chi connectivity index (χ4n) is 2.85. The summed E-state index contributed by atoms with van der Waals surface area (Å²) in [6.07, 6.45) is 4.54. The van der Waals surface area contributed by atoms with E-state index in [0.717, 1.165) is 25.7 Å². The first-order chi connectivity index (χ1) is 9.24. The number of aromatic nitrogens is 2. The molecule has 102 valence electrons. The van der Waals surface area contributed by atoms with Crippen molar-refractivity contribution in [1.82, 2.24) is 7.10 Å². The fourth-order valence-corrected chi connectivity index (χ4v) is 5.18. The molecule has 0 aliphatic carbocycles. The van der Waals surface area contributed by atoms with Gasteiger partial charge >= 0.3 is 15.7 Å². The van der Waals surface area contributed by atoms with Crippen LogP contribution < -0.4 is 0 Å². The third kappa shape index (κ3) is 2.83. The number of hydrogen-bond acceptors (Lipinski definition) is 0. The molecule has 0 aliphatic rings. The van der Waals surface area contributed by atoms with Crippen LogP contribution in [0.5, 0.6) is 0 Å². The smallest absolute Gasteiger partial charge is 0.425 e. The van der Waals surface area contributed by atoms with E-state index in [1.165, 1.54) is 22.8 Å². The molecule has 0 spiro atoms. The summed E-state index contributed by atoms with van der Waals surface area (Å²) in [7, 11) is 0. The maximum atomic E-state index is 2.62. The lowest BCUT2D eigenvalue weighted by Gasteiger charge is -2.16. The monoisotopic (exact) mass is 272 g/mol. The van der Waals surface area contributed by atoms with Crippen LogP contribution in [-0.2, 0) is 25.7 Å². The summed E-state index contributed by atoms with van der Waals surface area (Å²) in [5, 5.41) is 0. The van der Waals surface area contributed by atoms with Gasteiger partial charge < -0.3 is 7.10 Å². The molecule has 0 saturated heterocycles. The second-order valence-electron chi connectivity index (χ2n) is 5.04. The standard InChI is InChI=1S/2C8H12N.Al.H/c2*1-3-7-5-6-8(4-2)9-7;;/h2*5-6H,3-4H2,1-2H3;;/q2*-1;+2;. The molecule has 3 heteroatoms. The largest absolute Gasteiger partial charge is 0.557 e. The zero-order valence-corrected chi connectivity index (χ0v) is 14.2. The molecule has 0 unspecified atom stereocenters. The van der Waals surface area contributed by atoms with Crippen LogP contribution in [0.15, 0.2) is 24.3 Å². The molecular formula is C16H25AlN2. The van der Waals surface area contributed by atoms with E-state index in [0.29, 0.717) is 0 Å². The highest BCUT2D eigenvalue weighted by Gasteiger charge is 2.14. The van der Waals surface area contributed by atoms with Crippen molar-refractivity contribution >= 4 is 15.7 Å². The average molecular weight is 272 g/mol. The van der Waals surface area contributed by atoms with Crippen LogP contribution in [0.2, 0.25) is 0 Å². The molecule has 0 amide bonds. The Bertz CT molecular complexity index is 446. The van der Waals surface area contributed by atoms with Gasteiger partial charge in [0.15, 0.2) is 0 Å². The van der Waals surface area contributed by atoms with Crippen LogP contribution in [0.1, 0.15) is 50.5 Å². The summed E-state index contributed by atoms with van der Waals surface area (Å²) in [4.78, 5) is 0. The molecule has 0 aliphatic heterocycles. The van der Waals surface area contributed by atoms with Crippen molar-refractivity contribution in [3.8, 4) is 0 Å². The molecular weight excluding hydrogens is 247 g/mol. The van der Waals surface area contributed by atoms with Gasteiger partial charge in [-0.15, -0.1) is 0 Å². The highest BCUT2D eigenvalue weighted by atomic mass is 27.1. The molecule has 0 bridgehead atoms. The van der Waals surface area contributed by atoms with Crippen molar-refractivity contribution in [2.24, 2.45) is 0 Å². The minimum Gasteiger partial charge on any atom is -0.425 e. The number of aryl methyl sites for hydroxylation is 4. The van der Waals surface area contributed by atoms with E-state index in [4.69, 9.17) is 0 Å². The lowest BCUT2D eigenvalue weighted by Crippen LogP contribution is -2.24. The first-order valence-electron chi connectivity index (χ1n) is 7.59. The SMILES string of the molecule is CCc1ccc(CC)[n]1[AlH][n]1c(CC)ccc1CC. The normalized spacial score (nSPS) is 10.9. The van der Waals surface area contributed by atoms with E-state index in [9.17, 15) is 0 Å². The van der Waals surface area contributed by atoms with Gasteiger partial charge in [-0.3, -0.25) is 0 Å². The number of rotatable bonds is 6. The Balaban J connectivity index is 2.40. The van der Waals surface area contributed by atoms with Gasteiger partial charge in [0.1, 0.15) is 0 Å². The van der Waals surface area contributed by atoms with Crippen LogP contribution in [0.25, 0.3) is 0 Å². The Morgan fingerprint density at radius 3 is 1.11 bits per heavy atom. The molecule has 0 saturated carbocycles. The zero-order chi connectivity index (χ0) is 13.8. The fraction of sp³-hybridized carbons (Fsp3) is 0.500. The summed E-state index contributed by atoms with van der Waals surface area (Å²) >= 11 is -0.476. The summed E-state index contributed by atoms with van der Waals surface area (Å²) in [5.74, 6) is 0. The quantitative estimate of drug-likeness (QED) is 0.715. The van der Waals surface area contributed by atoms with Crippen molar-refractivity contribution in [3.05, 3.63) is 47.0 Å². The molecule has 19 heavy (non-hydrogen) atoms. The van der Waals surface area contributed by atoms with Gasteiger partial charge in [0.25, 0.3) is 0 Å². The summed E-state index contributed by atoms with van der Waals surface area (Å²) in [5.41, 5.74) is 6.00. The first kappa shape index (κ1) is 14.5.